The molecule has 2 heterocycles. The predicted molar refractivity (Wildman–Crippen MR) is 105 cm³/mol. The highest BCUT2D eigenvalue weighted by Gasteiger charge is 2.19. The van der Waals surface area contributed by atoms with Crippen LogP contribution < -0.4 is 9.47 Å². The third-order valence-electron chi connectivity index (χ3n) is 4.26. The molecular formula is C22H13ClN2O2. The molecule has 130 valence electrons. The largest absolute Gasteiger partial charge is 0.450 e. The lowest BCUT2D eigenvalue weighted by atomic mass is 10.1. The highest BCUT2D eigenvalue weighted by atomic mass is 35.5. The van der Waals surface area contributed by atoms with Crippen LogP contribution in [-0.4, -0.2) is 9.97 Å². The molecule has 1 aliphatic heterocycles. The van der Waals surface area contributed by atoms with Gasteiger partial charge in [0.1, 0.15) is 5.15 Å². The second kappa shape index (κ2) is 6.41. The average Bonchev–Trinajstić information content (AvgIpc) is 2.72. The molecule has 0 amide bonds. The van der Waals surface area contributed by atoms with Crippen molar-refractivity contribution in [3.8, 4) is 45.6 Å². The number of rotatable bonds is 2. The summed E-state index contributed by atoms with van der Waals surface area (Å²) in [5.74, 6) is 3.28. The number of hydrogen-bond acceptors (Lipinski definition) is 4. The van der Waals surface area contributed by atoms with E-state index in [1.54, 1.807) is 6.07 Å². The van der Waals surface area contributed by atoms with Gasteiger partial charge in [-0.15, -0.1) is 0 Å². The fourth-order valence-electron chi connectivity index (χ4n) is 2.97. The Morgan fingerprint density at radius 3 is 2.04 bits per heavy atom. The Labute approximate surface area is 161 Å². The van der Waals surface area contributed by atoms with E-state index in [-0.39, 0.29) is 0 Å². The number of hydrogen-bond donors (Lipinski definition) is 0. The number of halogens is 1. The van der Waals surface area contributed by atoms with Gasteiger partial charge in [0.2, 0.25) is 0 Å². The van der Waals surface area contributed by atoms with E-state index >= 15 is 0 Å². The molecule has 0 radical (unpaired) electrons. The summed E-state index contributed by atoms with van der Waals surface area (Å²) >= 11 is 6.25. The van der Waals surface area contributed by atoms with Crippen molar-refractivity contribution in [1.29, 1.82) is 0 Å². The van der Waals surface area contributed by atoms with Crippen molar-refractivity contribution in [3.63, 3.8) is 0 Å². The Hall–Kier alpha value is -3.37. The number of nitrogens with zero attached hydrogens (tertiary/aromatic N) is 2. The number of fused-ring (bicyclic) bond motifs is 2. The maximum atomic E-state index is 6.25. The minimum Gasteiger partial charge on any atom is -0.450 e. The molecule has 0 atom stereocenters. The molecule has 0 N–H and O–H groups in total. The van der Waals surface area contributed by atoms with Gasteiger partial charge in [-0.1, -0.05) is 54.1 Å². The highest BCUT2D eigenvalue weighted by molar-refractivity contribution is 6.29. The van der Waals surface area contributed by atoms with E-state index in [1.165, 1.54) is 0 Å². The van der Waals surface area contributed by atoms with Crippen LogP contribution in [0.5, 0.6) is 23.0 Å². The van der Waals surface area contributed by atoms with E-state index in [4.69, 9.17) is 21.1 Å². The molecule has 0 bridgehead atoms. The molecule has 1 aliphatic rings. The summed E-state index contributed by atoms with van der Waals surface area (Å²) in [5, 5.41) is 0.388. The summed E-state index contributed by atoms with van der Waals surface area (Å²) in [6.45, 7) is 0. The van der Waals surface area contributed by atoms with Crippen molar-refractivity contribution in [2.24, 2.45) is 0 Å². The molecule has 27 heavy (non-hydrogen) atoms. The second-order valence-electron chi connectivity index (χ2n) is 6.08. The number of para-hydroxylation sites is 2. The molecule has 0 spiro atoms. The third kappa shape index (κ3) is 3.00. The number of aromatic nitrogens is 2. The molecular weight excluding hydrogens is 360 g/mol. The van der Waals surface area contributed by atoms with Crippen molar-refractivity contribution in [2.45, 2.75) is 0 Å². The normalized spacial score (nSPS) is 11.7. The summed E-state index contributed by atoms with van der Waals surface area (Å²) in [7, 11) is 0. The van der Waals surface area contributed by atoms with Gasteiger partial charge < -0.3 is 9.47 Å². The van der Waals surface area contributed by atoms with E-state index in [1.807, 2.05) is 72.8 Å². The van der Waals surface area contributed by atoms with Crippen molar-refractivity contribution in [1.82, 2.24) is 9.97 Å². The predicted octanol–water partition coefficient (Wildman–Crippen LogP) is 6.36. The molecule has 0 unspecified atom stereocenters. The van der Waals surface area contributed by atoms with Crippen LogP contribution in [0.25, 0.3) is 22.6 Å². The molecule has 0 saturated heterocycles. The minimum absolute atomic E-state index is 0.388. The molecule has 4 aromatic rings. The van der Waals surface area contributed by atoms with Crippen molar-refractivity contribution in [2.75, 3.05) is 0 Å². The molecule has 0 aliphatic carbocycles. The first-order valence-electron chi connectivity index (χ1n) is 8.45. The van der Waals surface area contributed by atoms with Gasteiger partial charge >= 0.3 is 0 Å². The van der Waals surface area contributed by atoms with Gasteiger partial charge in [0.25, 0.3) is 0 Å². The summed E-state index contributed by atoms with van der Waals surface area (Å²) < 4.78 is 11.9. The van der Waals surface area contributed by atoms with Gasteiger partial charge in [0.05, 0.1) is 5.69 Å². The van der Waals surface area contributed by atoms with Gasteiger partial charge in [0.15, 0.2) is 28.8 Å². The first-order chi connectivity index (χ1) is 13.3. The lowest BCUT2D eigenvalue weighted by molar-refractivity contribution is 0.360. The van der Waals surface area contributed by atoms with Gasteiger partial charge in [-0.2, -0.15) is 0 Å². The van der Waals surface area contributed by atoms with Gasteiger partial charge in [0, 0.05) is 17.2 Å². The van der Waals surface area contributed by atoms with E-state index < -0.39 is 0 Å². The zero-order chi connectivity index (χ0) is 18.2. The van der Waals surface area contributed by atoms with E-state index in [2.05, 4.69) is 9.97 Å². The minimum atomic E-state index is 0.388. The summed E-state index contributed by atoms with van der Waals surface area (Å²) in [5.41, 5.74) is 2.50. The molecule has 0 fully saturated rings. The van der Waals surface area contributed by atoms with Crippen LogP contribution in [0.1, 0.15) is 0 Å². The second-order valence-corrected chi connectivity index (χ2v) is 6.47. The van der Waals surface area contributed by atoms with Gasteiger partial charge in [-0.25, -0.2) is 9.97 Å². The Kier molecular flexibility index (Phi) is 3.77. The lowest BCUT2D eigenvalue weighted by Crippen LogP contribution is -1.99. The Morgan fingerprint density at radius 2 is 1.26 bits per heavy atom. The molecule has 5 heteroatoms. The maximum Gasteiger partial charge on any atom is 0.170 e. The van der Waals surface area contributed by atoms with Gasteiger partial charge in [-0.3, -0.25) is 0 Å². The van der Waals surface area contributed by atoms with E-state index in [0.29, 0.717) is 34.0 Å². The first-order valence-corrected chi connectivity index (χ1v) is 8.83. The average molecular weight is 373 g/mol. The first kappa shape index (κ1) is 15.9. The quantitative estimate of drug-likeness (QED) is 0.338. The molecule has 1 aromatic heterocycles. The summed E-state index contributed by atoms with van der Waals surface area (Å²) in [4.78, 5) is 9.02. The van der Waals surface area contributed by atoms with Crippen LogP contribution in [-0.2, 0) is 0 Å². The Morgan fingerprint density at radius 1 is 0.593 bits per heavy atom. The van der Waals surface area contributed by atoms with E-state index in [9.17, 15) is 0 Å². The summed E-state index contributed by atoms with van der Waals surface area (Å²) in [6, 6.07) is 24.8. The van der Waals surface area contributed by atoms with Crippen LogP contribution in [0, 0.1) is 0 Å². The van der Waals surface area contributed by atoms with E-state index in [0.717, 1.165) is 16.8 Å². The van der Waals surface area contributed by atoms with Gasteiger partial charge in [-0.05, 0) is 30.3 Å². The Bertz CT molecular complexity index is 1150. The SMILES string of the molecule is Clc1cc(-c2ccc3c(c2)Oc2ccccc2O3)nc(-c2ccccc2)n1. The maximum absolute atomic E-state index is 6.25. The Balaban J connectivity index is 1.56. The van der Waals surface area contributed by atoms with Crippen LogP contribution in [0.2, 0.25) is 5.15 Å². The molecule has 5 rings (SSSR count). The molecule has 4 nitrogen and oxygen atoms in total. The molecule has 0 saturated carbocycles. The molecule has 3 aromatic carbocycles. The van der Waals surface area contributed by atoms with Crippen molar-refractivity contribution >= 4 is 11.6 Å². The fraction of sp³-hybridized carbons (Fsp3) is 0. The van der Waals surface area contributed by atoms with Crippen LogP contribution in [0.3, 0.4) is 0 Å². The van der Waals surface area contributed by atoms with Crippen molar-refractivity contribution in [3.05, 3.63) is 84.0 Å². The third-order valence-corrected chi connectivity index (χ3v) is 4.45. The number of benzene rings is 3. The smallest absolute Gasteiger partial charge is 0.170 e. The van der Waals surface area contributed by atoms with Crippen LogP contribution in [0.4, 0.5) is 0 Å². The van der Waals surface area contributed by atoms with Crippen LogP contribution in [0.15, 0.2) is 78.9 Å². The zero-order valence-corrected chi connectivity index (χ0v) is 14.9. The highest BCUT2D eigenvalue weighted by Crippen LogP contribution is 2.46. The standard InChI is InChI=1S/C22H13ClN2O2/c23-21-13-16(24-22(25-21)14-6-2-1-3-7-14)15-10-11-19-20(12-15)27-18-9-5-4-8-17(18)26-19/h1-13H. The van der Waals surface area contributed by atoms with Crippen molar-refractivity contribution < 1.29 is 9.47 Å². The number of ether oxygens (including phenoxy) is 2. The monoisotopic (exact) mass is 372 g/mol. The topological polar surface area (TPSA) is 44.2 Å². The fourth-order valence-corrected chi connectivity index (χ4v) is 3.15. The van der Waals surface area contributed by atoms with Crippen LogP contribution >= 0.6 is 11.6 Å². The summed E-state index contributed by atoms with van der Waals surface area (Å²) in [6.07, 6.45) is 0. The zero-order valence-electron chi connectivity index (χ0n) is 14.1. The lowest BCUT2D eigenvalue weighted by Gasteiger charge is -2.20.